The van der Waals surface area contributed by atoms with Crippen molar-refractivity contribution in [1.29, 1.82) is 0 Å². The van der Waals surface area contributed by atoms with Crippen molar-refractivity contribution in [1.82, 2.24) is 9.80 Å². The van der Waals surface area contributed by atoms with E-state index in [-0.39, 0.29) is 26.3 Å². The van der Waals surface area contributed by atoms with Crippen LogP contribution in [0.15, 0.2) is 91.0 Å². The van der Waals surface area contributed by atoms with Crippen LogP contribution in [0.3, 0.4) is 0 Å². The van der Waals surface area contributed by atoms with Crippen LogP contribution in [0.1, 0.15) is 16.7 Å². The van der Waals surface area contributed by atoms with Crippen molar-refractivity contribution in [2.75, 3.05) is 26.6 Å². The van der Waals surface area contributed by atoms with E-state index in [1.54, 1.807) is 24.3 Å². The van der Waals surface area contributed by atoms with Crippen molar-refractivity contribution in [3.05, 3.63) is 108 Å². The third-order valence-corrected chi connectivity index (χ3v) is 6.15. The zero-order valence-corrected chi connectivity index (χ0v) is 21.4. The zero-order chi connectivity index (χ0) is 27.5. The highest BCUT2D eigenvalue weighted by molar-refractivity contribution is 6.40. The number of hydrogen-bond donors (Lipinski definition) is 0. The normalized spacial score (nSPS) is 13.8. The van der Waals surface area contributed by atoms with Gasteiger partial charge in [0.2, 0.25) is 0 Å². The quantitative estimate of drug-likeness (QED) is 0.152. The fourth-order valence-corrected chi connectivity index (χ4v) is 4.14. The van der Waals surface area contributed by atoms with Gasteiger partial charge in [0.25, 0.3) is 5.78 Å². The van der Waals surface area contributed by atoms with Crippen LogP contribution < -0.4 is 0 Å². The molecule has 0 radical (unpaired) electrons. The number of benzene rings is 3. The Morgan fingerprint density at radius 1 is 0.795 bits per heavy atom. The molecule has 1 atom stereocenters. The first-order valence-corrected chi connectivity index (χ1v) is 12.6. The molecule has 0 aromatic heterocycles. The molecule has 0 bridgehead atoms. The zero-order valence-electron chi connectivity index (χ0n) is 21.4. The predicted molar refractivity (Wildman–Crippen MR) is 141 cm³/mol. The Hall–Kier alpha value is -4.34. The van der Waals surface area contributed by atoms with Crippen LogP contribution >= 0.6 is 0 Å². The van der Waals surface area contributed by atoms with Gasteiger partial charge in [-0.15, -0.1) is 0 Å². The van der Waals surface area contributed by atoms with Gasteiger partial charge in [0.05, 0.1) is 13.2 Å². The first kappa shape index (κ1) is 27.7. The van der Waals surface area contributed by atoms with Gasteiger partial charge in [-0.25, -0.2) is 9.59 Å². The molecule has 1 aliphatic heterocycles. The van der Waals surface area contributed by atoms with E-state index in [0.717, 1.165) is 16.7 Å². The molecule has 9 nitrogen and oxygen atoms in total. The Balaban J connectivity index is 1.42. The van der Waals surface area contributed by atoms with E-state index in [1.807, 2.05) is 66.7 Å². The number of carbonyl (C=O) groups excluding carboxylic acids is 4. The predicted octanol–water partition coefficient (Wildman–Crippen LogP) is 3.37. The third kappa shape index (κ3) is 8.07. The van der Waals surface area contributed by atoms with E-state index in [9.17, 15) is 19.2 Å². The van der Waals surface area contributed by atoms with Gasteiger partial charge in [0.15, 0.2) is 12.5 Å². The lowest BCUT2D eigenvalue weighted by Gasteiger charge is -2.24. The maximum absolute atomic E-state index is 13.2. The smallest absolute Gasteiger partial charge is 0.413 e. The van der Waals surface area contributed by atoms with E-state index >= 15 is 0 Å². The highest BCUT2D eigenvalue weighted by Crippen LogP contribution is 2.14. The maximum atomic E-state index is 13.2. The molecule has 0 saturated carbocycles. The standard InChI is InChI=1S/C30H30N2O7/c33-26(18-23-10-4-1-5-11-23)27(31-16-17-37-21-31)28(34)29(35)39-22-32(19-24-12-6-2-7-13-24)30(36)38-20-25-14-8-3-9-15-25/h1-15,27H,16-22H2/t27-/m1/s1. The lowest BCUT2D eigenvalue weighted by molar-refractivity contribution is -0.160. The van der Waals surface area contributed by atoms with Gasteiger partial charge >= 0.3 is 12.1 Å². The second-order valence-corrected chi connectivity index (χ2v) is 9.03. The van der Waals surface area contributed by atoms with Gasteiger partial charge in [-0.05, 0) is 16.7 Å². The van der Waals surface area contributed by atoms with Crippen molar-refractivity contribution < 1.29 is 33.4 Å². The summed E-state index contributed by atoms with van der Waals surface area (Å²) in [7, 11) is 0. The molecular formula is C30H30N2O7. The minimum Gasteiger partial charge on any atom is -0.444 e. The topological polar surface area (TPSA) is 102 Å². The molecule has 202 valence electrons. The van der Waals surface area contributed by atoms with Gasteiger partial charge in [0, 0.05) is 13.0 Å². The van der Waals surface area contributed by atoms with Gasteiger partial charge in [0.1, 0.15) is 19.4 Å². The van der Waals surface area contributed by atoms with Crippen LogP contribution in [-0.2, 0) is 48.2 Å². The van der Waals surface area contributed by atoms with Crippen molar-refractivity contribution in [3.8, 4) is 0 Å². The van der Waals surface area contributed by atoms with Gasteiger partial charge in [-0.3, -0.25) is 19.4 Å². The first-order chi connectivity index (χ1) is 19.0. The number of Topliss-reactive ketones (excluding diaryl/α,β-unsaturated/α-hetero) is 2. The highest BCUT2D eigenvalue weighted by Gasteiger charge is 2.39. The number of nitrogens with zero attached hydrogens (tertiary/aromatic N) is 2. The number of ketones is 2. The number of ether oxygens (including phenoxy) is 3. The summed E-state index contributed by atoms with van der Waals surface area (Å²) >= 11 is 0. The fraction of sp³-hybridized carbons (Fsp3) is 0.267. The van der Waals surface area contributed by atoms with E-state index in [4.69, 9.17) is 14.2 Å². The number of hydrogen-bond acceptors (Lipinski definition) is 8. The largest absolute Gasteiger partial charge is 0.444 e. The molecule has 1 fully saturated rings. The average Bonchev–Trinajstić information content (AvgIpc) is 3.50. The Kier molecular flexibility index (Phi) is 9.93. The van der Waals surface area contributed by atoms with Crippen molar-refractivity contribution in [2.24, 2.45) is 0 Å². The molecule has 0 N–H and O–H groups in total. The number of esters is 1. The highest BCUT2D eigenvalue weighted by atomic mass is 16.6. The molecular weight excluding hydrogens is 500 g/mol. The molecule has 0 spiro atoms. The van der Waals surface area contributed by atoms with Crippen molar-refractivity contribution in [2.45, 2.75) is 25.6 Å². The van der Waals surface area contributed by atoms with E-state index < -0.39 is 36.4 Å². The summed E-state index contributed by atoms with van der Waals surface area (Å²) in [4.78, 5) is 54.8. The monoisotopic (exact) mass is 530 g/mol. The Morgan fingerprint density at radius 2 is 1.38 bits per heavy atom. The summed E-state index contributed by atoms with van der Waals surface area (Å²) in [6, 6.07) is 25.9. The number of rotatable bonds is 12. The third-order valence-electron chi connectivity index (χ3n) is 6.15. The molecule has 0 aliphatic carbocycles. The molecule has 3 aromatic rings. The SMILES string of the molecule is O=C(OCN(Cc1ccccc1)C(=O)OCc1ccccc1)C(=O)[C@@H](C(=O)Cc1ccccc1)N1CCOC1. The van der Waals surface area contributed by atoms with Crippen molar-refractivity contribution >= 4 is 23.6 Å². The van der Waals surface area contributed by atoms with Crippen molar-refractivity contribution in [3.63, 3.8) is 0 Å². The summed E-state index contributed by atoms with van der Waals surface area (Å²) < 4.78 is 16.0. The van der Waals surface area contributed by atoms with Gasteiger partial charge < -0.3 is 14.2 Å². The summed E-state index contributed by atoms with van der Waals surface area (Å²) in [6.45, 7) is 0.320. The first-order valence-electron chi connectivity index (χ1n) is 12.6. The summed E-state index contributed by atoms with van der Waals surface area (Å²) in [6.07, 6.45) is -0.736. The second-order valence-electron chi connectivity index (χ2n) is 9.03. The molecule has 0 unspecified atom stereocenters. The number of amides is 1. The molecule has 1 saturated heterocycles. The van der Waals surface area contributed by atoms with Gasteiger partial charge in [-0.1, -0.05) is 91.0 Å². The van der Waals surface area contributed by atoms with Crippen LogP contribution in [0.25, 0.3) is 0 Å². The summed E-state index contributed by atoms with van der Waals surface area (Å²) in [5.41, 5.74) is 2.30. The van der Waals surface area contributed by atoms with Crippen LogP contribution in [0.2, 0.25) is 0 Å². The Morgan fingerprint density at radius 3 is 1.97 bits per heavy atom. The van der Waals surface area contributed by atoms with Crippen LogP contribution in [-0.4, -0.2) is 66.1 Å². The maximum Gasteiger partial charge on any atom is 0.413 e. The van der Waals surface area contributed by atoms with Crippen LogP contribution in [0.5, 0.6) is 0 Å². The fourth-order valence-electron chi connectivity index (χ4n) is 4.14. The molecule has 1 aliphatic rings. The van der Waals surface area contributed by atoms with Crippen LogP contribution in [0, 0.1) is 0 Å². The van der Waals surface area contributed by atoms with E-state index in [2.05, 4.69) is 0 Å². The molecule has 4 rings (SSSR count). The molecule has 1 heterocycles. The number of carbonyl (C=O) groups is 4. The lowest BCUT2D eigenvalue weighted by atomic mass is 9.99. The molecule has 39 heavy (non-hydrogen) atoms. The lowest BCUT2D eigenvalue weighted by Crippen LogP contribution is -2.50. The summed E-state index contributed by atoms with van der Waals surface area (Å²) in [5, 5.41) is 0. The average molecular weight is 531 g/mol. The van der Waals surface area contributed by atoms with E-state index in [1.165, 1.54) is 9.80 Å². The minimum absolute atomic E-state index is 0.0209. The van der Waals surface area contributed by atoms with E-state index in [0.29, 0.717) is 13.2 Å². The molecule has 9 heteroatoms. The minimum atomic E-state index is -1.34. The summed E-state index contributed by atoms with van der Waals surface area (Å²) in [5.74, 6) is -2.64. The molecule has 1 amide bonds. The van der Waals surface area contributed by atoms with Crippen LogP contribution in [0.4, 0.5) is 4.79 Å². The second kappa shape index (κ2) is 14.0. The molecule has 3 aromatic carbocycles. The Bertz CT molecular complexity index is 1250. The Labute approximate surface area is 226 Å². The van der Waals surface area contributed by atoms with Gasteiger partial charge in [-0.2, -0.15) is 0 Å².